The van der Waals surface area contributed by atoms with Crippen LogP contribution in [-0.2, 0) is 26.1 Å². The molecule has 1 aromatic rings. The lowest BCUT2D eigenvalue weighted by Crippen LogP contribution is -2.39. The molecule has 1 saturated heterocycles. The Bertz CT molecular complexity index is 654. The third kappa shape index (κ3) is 6.64. The highest BCUT2D eigenvalue weighted by Gasteiger charge is 2.25. The monoisotopic (exact) mass is 370 g/mol. The maximum Gasteiger partial charge on any atom is 0.221 e. The molecular weight excluding hydrogens is 344 g/mol. The number of nitrogens with zero attached hydrogens (tertiary/aromatic N) is 1. The van der Waals surface area contributed by atoms with Crippen molar-refractivity contribution in [3.05, 3.63) is 29.8 Å². The molecule has 2 rings (SSSR count). The van der Waals surface area contributed by atoms with E-state index >= 15 is 0 Å². The molecule has 1 heterocycles. The Morgan fingerprint density at radius 1 is 1.36 bits per heavy atom. The van der Waals surface area contributed by atoms with Gasteiger partial charge in [-0.15, -0.1) is 0 Å². The first-order valence-electron chi connectivity index (χ1n) is 8.35. The Hall–Kier alpha value is -1.64. The van der Waals surface area contributed by atoms with Gasteiger partial charge in [0, 0.05) is 32.7 Å². The standard InChI is InChI=1S/C17H26N2O5S/c1-23-15-7-5-14(6-8-15)12-18-17(20)9-10-19(25(2,21)22)13-16-4-3-11-24-16/h5-8,16H,3-4,9-13H2,1-2H3,(H,18,20). The molecule has 8 heteroatoms. The number of sulfonamides is 1. The van der Waals surface area contributed by atoms with Gasteiger partial charge in [0.2, 0.25) is 15.9 Å². The number of methoxy groups -OCH3 is 1. The Morgan fingerprint density at radius 3 is 2.64 bits per heavy atom. The topological polar surface area (TPSA) is 84.9 Å². The molecule has 1 aromatic carbocycles. The second-order valence-electron chi connectivity index (χ2n) is 6.13. The van der Waals surface area contributed by atoms with E-state index < -0.39 is 10.0 Å². The van der Waals surface area contributed by atoms with Crippen molar-refractivity contribution in [2.75, 3.05) is 33.1 Å². The maximum absolute atomic E-state index is 12.0. The summed E-state index contributed by atoms with van der Waals surface area (Å²) in [6.07, 6.45) is 3.02. The SMILES string of the molecule is COc1ccc(CNC(=O)CCN(CC2CCCO2)S(C)(=O)=O)cc1. The first-order valence-corrected chi connectivity index (χ1v) is 10.2. The van der Waals surface area contributed by atoms with E-state index in [4.69, 9.17) is 9.47 Å². The van der Waals surface area contributed by atoms with Gasteiger partial charge in [0.1, 0.15) is 5.75 Å². The molecular formula is C17H26N2O5S. The van der Waals surface area contributed by atoms with Crippen LogP contribution in [0.2, 0.25) is 0 Å². The van der Waals surface area contributed by atoms with E-state index in [0.717, 1.165) is 30.4 Å². The predicted octanol–water partition coefficient (Wildman–Crippen LogP) is 1.14. The first kappa shape index (κ1) is 19.7. The van der Waals surface area contributed by atoms with E-state index in [1.807, 2.05) is 24.3 Å². The molecule has 1 fully saturated rings. The highest BCUT2D eigenvalue weighted by molar-refractivity contribution is 7.88. The first-order chi connectivity index (χ1) is 11.9. The van der Waals surface area contributed by atoms with Crippen molar-refractivity contribution in [2.24, 2.45) is 0 Å². The summed E-state index contributed by atoms with van der Waals surface area (Å²) in [6.45, 7) is 1.54. The lowest BCUT2D eigenvalue weighted by Gasteiger charge is -2.22. The number of ether oxygens (including phenoxy) is 2. The molecule has 1 aliphatic heterocycles. The number of hydrogen-bond donors (Lipinski definition) is 1. The minimum Gasteiger partial charge on any atom is -0.497 e. The molecule has 1 N–H and O–H groups in total. The Balaban J connectivity index is 1.79. The van der Waals surface area contributed by atoms with Crippen molar-refractivity contribution >= 4 is 15.9 Å². The normalized spacial score (nSPS) is 17.6. The number of rotatable bonds is 9. The van der Waals surface area contributed by atoms with Crippen LogP contribution in [0, 0.1) is 0 Å². The summed E-state index contributed by atoms with van der Waals surface area (Å²) in [5.41, 5.74) is 0.952. The summed E-state index contributed by atoms with van der Waals surface area (Å²) < 4.78 is 35.7. The van der Waals surface area contributed by atoms with Crippen molar-refractivity contribution in [1.29, 1.82) is 0 Å². The quantitative estimate of drug-likeness (QED) is 0.705. The number of hydrogen-bond acceptors (Lipinski definition) is 5. The van der Waals surface area contributed by atoms with Gasteiger partial charge in [-0.3, -0.25) is 4.79 Å². The zero-order valence-electron chi connectivity index (χ0n) is 14.7. The third-order valence-electron chi connectivity index (χ3n) is 4.14. The van der Waals surface area contributed by atoms with Gasteiger partial charge in [-0.25, -0.2) is 8.42 Å². The van der Waals surface area contributed by atoms with Crippen LogP contribution in [0.25, 0.3) is 0 Å². The molecule has 1 unspecified atom stereocenters. The Labute approximate surface area is 149 Å². The number of benzene rings is 1. The fraction of sp³-hybridized carbons (Fsp3) is 0.588. The van der Waals surface area contributed by atoms with Crippen LogP contribution in [0.15, 0.2) is 24.3 Å². The molecule has 7 nitrogen and oxygen atoms in total. The van der Waals surface area contributed by atoms with E-state index in [2.05, 4.69) is 5.32 Å². The number of amides is 1. The summed E-state index contributed by atoms with van der Waals surface area (Å²) in [6, 6.07) is 7.40. The lowest BCUT2D eigenvalue weighted by molar-refractivity contribution is -0.121. The van der Waals surface area contributed by atoms with Crippen LogP contribution in [-0.4, -0.2) is 57.8 Å². The number of nitrogens with one attached hydrogen (secondary N) is 1. The molecule has 0 bridgehead atoms. The van der Waals surface area contributed by atoms with Gasteiger partial charge >= 0.3 is 0 Å². The largest absolute Gasteiger partial charge is 0.497 e. The van der Waals surface area contributed by atoms with Gasteiger partial charge in [-0.05, 0) is 30.5 Å². The van der Waals surface area contributed by atoms with Crippen LogP contribution < -0.4 is 10.1 Å². The highest BCUT2D eigenvalue weighted by atomic mass is 32.2. The number of carbonyl (C=O) groups excluding carboxylic acids is 1. The van der Waals surface area contributed by atoms with Gasteiger partial charge in [-0.2, -0.15) is 4.31 Å². The molecule has 1 atom stereocenters. The maximum atomic E-state index is 12.0. The minimum absolute atomic E-state index is 0.0721. The second-order valence-corrected chi connectivity index (χ2v) is 8.11. The Kier molecular flexibility index (Phi) is 7.22. The minimum atomic E-state index is -3.36. The zero-order chi connectivity index (χ0) is 18.3. The van der Waals surface area contributed by atoms with Gasteiger partial charge in [0.05, 0.1) is 19.5 Å². The second kappa shape index (κ2) is 9.17. The van der Waals surface area contributed by atoms with Crippen LogP contribution in [0.5, 0.6) is 5.75 Å². The third-order valence-corrected chi connectivity index (χ3v) is 5.41. The predicted molar refractivity (Wildman–Crippen MR) is 94.8 cm³/mol. The zero-order valence-corrected chi connectivity index (χ0v) is 15.5. The van der Waals surface area contributed by atoms with E-state index in [1.165, 1.54) is 4.31 Å². The van der Waals surface area contributed by atoms with Gasteiger partial charge in [0.25, 0.3) is 0 Å². The fourth-order valence-electron chi connectivity index (χ4n) is 2.67. The summed E-state index contributed by atoms with van der Waals surface area (Å²) in [5.74, 6) is 0.574. The molecule has 25 heavy (non-hydrogen) atoms. The molecule has 0 radical (unpaired) electrons. The average molecular weight is 370 g/mol. The van der Waals surface area contributed by atoms with E-state index in [-0.39, 0.29) is 25.0 Å². The molecule has 1 amide bonds. The highest BCUT2D eigenvalue weighted by Crippen LogP contribution is 2.15. The van der Waals surface area contributed by atoms with E-state index in [9.17, 15) is 13.2 Å². The molecule has 140 valence electrons. The molecule has 0 saturated carbocycles. The summed E-state index contributed by atoms with van der Waals surface area (Å²) in [5, 5.41) is 2.80. The van der Waals surface area contributed by atoms with Gasteiger partial charge in [0.15, 0.2) is 0 Å². The van der Waals surface area contributed by atoms with Gasteiger partial charge < -0.3 is 14.8 Å². The van der Waals surface area contributed by atoms with Crippen molar-refractivity contribution < 1.29 is 22.7 Å². The van der Waals surface area contributed by atoms with Crippen LogP contribution >= 0.6 is 0 Å². The van der Waals surface area contributed by atoms with Crippen molar-refractivity contribution in [3.8, 4) is 5.75 Å². The van der Waals surface area contributed by atoms with Crippen molar-refractivity contribution in [2.45, 2.75) is 31.9 Å². The van der Waals surface area contributed by atoms with E-state index in [0.29, 0.717) is 19.7 Å². The molecule has 0 aromatic heterocycles. The average Bonchev–Trinajstić information content (AvgIpc) is 3.09. The summed E-state index contributed by atoms with van der Waals surface area (Å²) in [4.78, 5) is 12.0. The Morgan fingerprint density at radius 2 is 2.08 bits per heavy atom. The van der Waals surface area contributed by atoms with Crippen molar-refractivity contribution in [3.63, 3.8) is 0 Å². The molecule has 0 aliphatic carbocycles. The van der Waals surface area contributed by atoms with Crippen LogP contribution in [0.1, 0.15) is 24.8 Å². The summed E-state index contributed by atoms with van der Waals surface area (Å²) >= 11 is 0. The molecule has 1 aliphatic rings. The van der Waals surface area contributed by atoms with Crippen LogP contribution in [0.4, 0.5) is 0 Å². The van der Waals surface area contributed by atoms with Gasteiger partial charge in [-0.1, -0.05) is 12.1 Å². The fourth-order valence-corrected chi connectivity index (χ4v) is 3.53. The lowest BCUT2D eigenvalue weighted by atomic mass is 10.2. The summed E-state index contributed by atoms with van der Waals surface area (Å²) in [7, 11) is -1.77. The smallest absolute Gasteiger partial charge is 0.221 e. The van der Waals surface area contributed by atoms with Crippen molar-refractivity contribution in [1.82, 2.24) is 9.62 Å². The van der Waals surface area contributed by atoms with Crippen LogP contribution in [0.3, 0.4) is 0 Å². The molecule has 0 spiro atoms. The number of carbonyl (C=O) groups is 1. The van der Waals surface area contributed by atoms with E-state index in [1.54, 1.807) is 7.11 Å².